The fraction of sp³-hybridized carbons (Fsp3) is 0.235. The second-order valence-electron chi connectivity index (χ2n) is 5.75. The smallest absolute Gasteiger partial charge is 0.256 e. The number of imidazole rings is 1. The number of benzene rings is 2. The van der Waals surface area contributed by atoms with Gasteiger partial charge in [0.25, 0.3) is 5.79 Å². The third-order valence-electron chi connectivity index (χ3n) is 4.39. The zero-order chi connectivity index (χ0) is 14.7. The molecule has 0 radical (unpaired) electrons. The highest BCUT2D eigenvalue weighted by molar-refractivity contribution is 5.76. The Morgan fingerprint density at radius 3 is 2.82 bits per heavy atom. The number of rotatable bonds is 1. The number of nitrogens with zero attached hydrogens (tertiary/aromatic N) is 2. The summed E-state index contributed by atoms with van der Waals surface area (Å²) in [5.41, 5.74) is 2.89. The second-order valence-corrected chi connectivity index (χ2v) is 5.75. The quantitative estimate of drug-likeness (QED) is 0.748. The van der Waals surface area contributed by atoms with E-state index in [2.05, 4.69) is 10.6 Å². The zero-order valence-electron chi connectivity index (χ0n) is 11.8. The van der Waals surface area contributed by atoms with Gasteiger partial charge in [-0.15, -0.1) is 0 Å². The van der Waals surface area contributed by atoms with Crippen LogP contribution in [0.2, 0.25) is 0 Å². The van der Waals surface area contributed by atoms with Crippen LogP contribution in [0.5, 0.6) is 5.75 Å². The van der Waals surface area contributed by atoms with Gasteiger partial charge in [0, 0.05) is 5.56 Å². The summed E-state index contributed by atoms with van der Waals surface area (Å²) in [6.07, 6.45) is 0.0129. The van der Waals surface area contributed by atoms with Crippen LogP contribution in [0.4, 0.5) is 0 Å². The minimum absolute atomic E-state index is 0.0129. The monoisotopic (exact) mass is 294 g/mol. The van der Waals surface area contributed by atoms with Crippen LogP contribution >= 0.6 is 0 Å². The van der Waals surface area contributed by atoms with E-state index < -0.39 is 5.79 Å². The molecular formula is C17H14N2O3. The standard InChI is InChI=1S/C17H14N2O3/c20-12-7-5-11(6-8-12)17-16-18-14-3-1-2-4-15(14)19(16)9-13(22-17)10-21-17/h1-8,13,20H,9-10H2. The number of ether oxygens (including phenoxy) is 2. The molecule has 2 atom stereocenters. The van der Waals surface area contributed by atoms with Gasteiger partial charge in [0.2, 0.25) is 0 Å². The molecule has 2 aromatic carbocycles. The average molecular weight is 294 g/mol. The van der Waals surface area contributed by atoms with Crippen LogP contribution < -0.4 is 0 Å². The largest absolute Gasteiger partial charge is 0.508 e. The number of phenolic OH excluding ortho intramolecular Hbond substituents is 1. The molecule has 0 aliphatic carbocycles. The number of hydrogen-bond acceptors (Lipinski definition) is 4. The Kier molecular flexibility index (Phi) is 2.27. The maximum absolute atomic E-state index is 9.53. The summed E-state index contributed by atoms with van der Waals surface area (Å²) in [5, 5.41) is 9.53. The average Bonchev–Trinajstić information content (AvgIpc) is 3.10. The van der Waals surface area contributed by atoms with Crippen LogP contribution in [-0.2, 0) is 21.8 Å². The van der Waals surface area contributed by atoms with E-state index in [1.54, 1.807) is 12.1 Å². The predicted molar refractivity (Wildman–Crippen MR) is 79.4 cm³/mol. The maximum Gasteiger partial charge on any atom is 0.256 e. The van der Waals surface area contributed by atoms with Crippen molar-refractivity contribution in [1.29, 1.82) is 0 Å². The lowest BCUT2D eigenvalue weighted by atomic mass is 10.0. The number of para-hydroxylation sites is 2. The first kappa shape index (κ1) is 12.2. The molecule has 2 unspecified atom stereocenters. The molecule has 22 heavy (non-hydrogen) atoms. The van der Waals surface area contributed by atoms with Crippen LogP contribution in [0, 0.1) is 0 Å². The van der Waals surface area contributed by atoms with E-state index in [0.29, 0.717) is 6.61 Å². The molecule has 0 saturated carbocycles. The highest BCUT2D eigenvalue weighted by atomic mass is 16.7. The molecular weight excluding hydrogens is 280 g/mol. The Labute approximate surface area is 126 Å². The first-order valence-corrected chi connectivity index (χ1v) is 7.33. The second kappa shape index (κ2) is 4.09. The summed E-state index contributed by atoms with van der Waals surface area (Å²) >= 11 is 0. The lowest BCUT2D eigenvalue weighted by molar-refractivity contribution is -0.162. The number of fused-ring (bicyclic) bond motifs is 6. The Morgan fingerprint density at radius 1 is 1.14 bits per heavy atom. The van der Waals surface area contributed by atoms with Gasteiger partial charge in [0.1, 0.15) is 11.9 Å². The summed E-state index contributed by atoms with van der Waals surface area (Å²) in [5.74, 6) is 0.0162. The highest BCUT2D eigenvalue weighted by Crippen LogP contribution is 2.45. The fourth-order valence-corrected chi connectivity index (χ4v) is 3.40. The van der Waals surface area contributed by atoms with Crippen LogP contribution in [0.3, 0.4) is 0 Å². The highest BCUT2D eigenvalue weighted by Gasteiger charge is 2.52. The predicted octanol–water partition coefficient (Wildman–Crippen LogP) is 2.37. The minimum atomic E-state index is -0.977. The first-order valence-electron chi connectivity index (χ1n) is 7.33. The molecule has 3 heterocycles. The van der Waals surface area contributed by atoms with E-state index in [1.165, 1.54) is 0 Å². The third kappa shape index (κ3) is 1.47. The molecule has 2 aliphatic heterocycles. The Balaban J connectivity index is 1.79. The van der Waals surface area contributed by atoms with Crippen molar-refractivity contribution in [3.8, 4) is 5.75 Å². The molecule has 5 rings (SSSR count). The van der Waals surface area contributed by atoms with Gasteiger partial charge in [0.15, 0.2) is 5.82 Å². The lowest BCUT2D eigenvalue weighted by Gasteiger charge is -2.32. The Hall–Kier alpha value is -2.37. The summed E-state index contributed by atoms with van der Waals surface area (Å²) in [6.45, 7) is 1.29. The molecule has 1 N–H and O–H groups in total. The van der Waals surface area contributed by atoms with Crippen molar-refractivity contribution in [3.63, 3.8) is 0 Å². The number of phenols is 1. The van der Waals surface area contributed by atoms with Gasteiger partial charge in [-0.25, -0.2) is 4.98 Å². The van der Waals surface area contributed by atoms with Gasteiger partial charge in [-0.2, -0.15) is 0 Å². The molecule has 5 nitrogen and oxygen atoms in total. The van der Waals surface area contributed by atoms with Crippen molar-refractivity contribution in [2.24, 2.45) is 0 Å². The molecule has 0 spiro atoms. The van der Waals surface area contributed by atoms with Crippen LogP contribution in [0.25, 0.3) is 11.0 Å². The number of aromatic nitrogens is 2. The van der Waals surface area contributed by atoms with Crippen LogP contribution in [0.1, 0.15) is 11.4 Å². The van der Waals surface area contributed by atoms with Gasteiger partial charge in [-0.3, -0.25) is 0 Å². The van der Waals surface area contributed by atoms with E-state index in [9.17, 15) is 5.11 Å². The summed E-state index contributed by atoms with van der Waals surface area (Å²) in [6, 6.07) is 15.0. The fourth-order valence-electron chi connectivity index (χ4n) is 3.40. The van der Waals surface area contributed by atoms with Gasteiger partial charge < -0.3 is 19.1 Å². The zero-order valence-corrected chi connectivity index (χ0v) is 11.8. The van der Waals surface area contributed by atoms with Gasteiger partial charge >= 0.3 is 0 Å². The normalized spacial score (nSPS) is 26.3. The molecule has 2 aliphatic rings. The minimum Gasteiger partial charge on any atom is -0.508 e. The van der Waals surface area contributed by atoms with Crippen LogP contribution in [0.15, 0.2) is 48.5 Å². The van der Waals surface area contributed by atoms with E-state index in [4.69, 9.17) is 14.5 Å². The first-order chi connectivity index (χ1) is 10.8. The lowest BCUT2D eigenvalue weighted by Crippen LogP contribution is -2.38. The number of aromatic hydroxyl groups is 1. The van der Waals surface area contributed by atoms with Crippen molar-refractivity contribution in [3.05, 3.63) is 59.9 Å². The molecule has 2 bridgehead atoms. The molecule has 1 saturated heterocycles. The Morgan fingerprint density at radius 2 is 1.95 bits per heavy atom. The maximum atomic E-state index is 9.53. The van der Waals surface area contributed by atoms with Gasteiger partial charge in [-0.05, 0) is 36.4 Å². The summed E-state index contributed by atoms with van der Waals surface area (Å²) in [4.78, 5) is 4.75. The number of hydrogen-bond donors (Lipinski definition) is 1. The molecule has 110 valence electrons. The Bertz CT molecular complexity index is 871. The topological polar surface area (TPSA) is 56.5 Å². The summed E-state index contributed by atoms with van der Waals surface area (Å²) < 4.78 is 14.4. The van der Waals surface area contributed by atoms with Crippen molar-refractivity contribution >= 4 is 11.0 Å². The molecule has 1 aromatic heterocycles. The van der Waals surface area contributed by atoms with E-state index in [-0.39, 0.29) is 11.9 Å². The van der Waals surface area contributed by atoms with Crippen molar-refractivity contribution in [2.45, 2.75) is 18.4 Å². The van der Waals surface area contributed by atoms with Crippen molar-refractivity contribution in [2.75, 3.05) is 6.61 Å². The van der Waals surface area contributed by atoms with Crippen molar-refractivity contribution < 1.29 is 14.6 Å². The third-order valence-corrected chi connectivity index (χ3v) is 4.39. The van der Waals surface area contributed by atoms with Gasteiger partial charge in [0.05, 0.1) is 24.2 Å². The molecule has 5 heteroatoms. The van der Waals surface area contributed by atoms with Crippen LogP contribution in [-0.4, -0.2) is 27.4 Å². The van der Waals surface area contributed by atoms with Gasteiger partial charge in [-0.1, -0.05) is 12.1 Å². The summed E-state index contributed by atoms with van der Waals surface area (Å²) in [7, 11) is 0. The van der Waals surface area contributed by atoms with E-state index in [1.807, 2.05) is 30.3 Å². The SMILES string of the molecule is Oc1ccc(C23OCC(Cn4c2nc2ccccc24)O3)cc1. The van der Waals surface area contributed by atoms with E-state index >= 15 is 0 Å². The van der Waals surface area contributed by atoms with Crippen molar-refractivity contribution in [1.82, 2.24) is 9.55 Å². The molecule has 1 fully saturated rings. The molecule has 0 amide bonds. The van der Waals surface area contributed by atoms with E-state index in [0.717, 1.165) is 29.0 Å². The molecule has 3 aromatic rings.